The van der Waals surface area contributed by atoms with Gasteiger partial charge in [0.25, 0.3) is 11.5 Å². The Kier molecular flexibility index (Phi) is 6.38. The maximum Gasteiger partial charge on any atom is 0.262 e. The van der Waals surface area contributed by atoms with Gasteiger partial charge in [0.2, 0.25) is 0 Å². The highest BCUT2D eigenvalue weighted by Gasteiger charge is 2.11. The number of aromatic amines is 1. The van der Waals surface area contributed by atoms with Gasteiger partial charge in [0.15, 0.2) is 4.77 Å². The van der Waals surface area contributed by atoms with Crippen molar-refractivity contribution in [2.24, 2.45) is 0 Å². The number of carbonyl (C=O) groups is 1. The molecule has 0 aliphatic heterocycles. The lowest BCUT2D eigenvalue weighted by molar-refractivity contribution is 0.102. The third kappa shape index (κ3) is 4.37. The summed E-state index contributed by atoms with van der Waals surface area (Å²) in [7, 11) is 1.62. The number of aryl methyl sites for hydroxylation is 1. The Hall–Kier alpha value is -2.77. The molecule has 0 unspecified atom stereocenters. The molecule has 0 aliphatic rings. The minimum atomic E-state index is -0.241. The first-order valence-corrected chi connectivity index (χ1v) is 9.60. The molecule has 2 N–H and O–H groups in total. The molecule has 7 heteroatoms. The van der Waals surface area contributed by atoms with Gasteiger partial charge >= 0.3 is 0 Å². The Morgan fingerprint density at radius 1 is 1.21 bits per heavy atom. The zero-order valence-electron chi connectivity index (χ0n) is 16.0. The van der Waals surface area contributed by atoms with E-state index in [1.165, 1.54) is 10.1 Å². The monoisotopic (exact) mass is 397 g/mol. The molecular formula is C21H23N3O3S. The second-order valence-electron chi connectivity index (χ2n) is 6.50. The minimum absolute atomic E-state index is 0.169. The molecule has 28 heavy (non-hydrogen) atoms. The lowest BCUT2D eigenvalue weighted by atomic mass is 10.1. The third-order valence-corrected chi connectivity index (χ3v) is 4.92. The van der Waals surface area contributed by atoms with E-state index in [4.69, 9.17) is 17.0 Å². The van der Waals surface area contributed by atoms with E-state index in [1.807, 2.05) is 24.3 Å². The van der Waals surface area contributed by atoms with Crippen LogP contribution < -0.4 is 10.9 Å². The Labute approximate surface area is 168 Å². The summed E-state index contributed by atoms with van der Waals surface area (Å²) in [6.45, 7) is 3.11. The second-order valence-corrected chi connectivity index (χ2v) is 6.88. The molecule has 0 atom stereocenters. The largest absolute Gasteiger partial charge is 0.385 e. The van der Waals surface area contributed by atoms with E-state index in [0.29, 0.717) is 40.8 Å². The molecule has 1 aromatic heterocycles. The third-order valence-electron chi connectivity index (χ3n) is 4.59. The number of hydrogen-bond donors (Lipinski definition) is 2. The molecule has 0 saturated carbocycles. The van der Waals surface area contributed by atoms with Gasteiger partial charge in [0.05, 0.1) is 10.9 Å². The molecule has 0 bridgehead atoms. The van der Waals surface area contributed by atoms with Crippen molar-refractivity contribution in [2.45, 2.75) is 26.3 Å². The average molecular weight is 398 g/mol. The normalized spacial score (nSPS) is 10.9. The summed E-state index contributed by atoms with van der Waals surface area (Å²) in [5, 5.41) is 3.37. The number of nitrogens with one attached hydrogen (secondary N) is 2. The number of benzene rings is 2. The lowest BCUT2D eigenvalue weighted by Gasteiger charge is -2.10. The number of anilines is 1. The number of fused-ring (bicyclic) bond motifs is 1. The summed E-state index contributed by atoms with van der Waals surface area (Å²) in [5.41, 5.74) is 2.76. The molecule has 2 aromatic carbocycles. The summed E-state index contributed by atoms with van der Waals surface area (Å²) in [5.74, 6) is -0.241. The van der Waals surface area contributed by atoms with Crippen LogP contribution in [0.1, 0.15) is 29.3 Å². The predicted octanol–water partition coefficient (Wildman–Crippen LogP) is 3.91. The molecule has 3 aromatic rings. The summed E-state index contributed by atoms with van der Waals surface area (Å²) in [6.07, 6.45) is 1.64. The van der Waals surface area contributed by atoms with Crippen molar-refractivity contribution in [1.82, 2.24) is 9.55 Å². The lowest BCUT2D eigenvalue weighted by Crippen LogP contribution is -2.23. The fourth-order valence-corrected chi connectivity index (χ4v) is 3.28. The first-order chi connectivity index (χ1) is 13.5. The highest BCUT2D eigenvalue weighted by Crippen LogP contribution is 2.15. The zero-order chi connectivity index (χ0) is 20.1. The van der Waals surface area contributed by atoms with Crippen molar-refractivity contribution in [2.75, 3.05) is 19.0 Å². The van der Waals surface area contributed by atoms with Crippen molar-refractivity contribution >= 4 is 34.7 Å². The number of nitrogens with zero attached hydrogens (tertiary/aromatic N) is 1. The van der Waals surface area contributed by atoms with Crippen LogP contribution in [0.3, 0.4) is 0 Å². The fourth-order valence-electron chi connectivity index (χ4n) is 2.99. The van der Waals surface area contributed by atoms with Crippen LogP contribution >= 0.6 is 12.2 Å². The van der Waals surface area contributed by atoms with Crippen molar-refractivity contribution < 1.29 is 9.53 Å². The number of amides is 1. The number of rotatable bonds is 7. The van der Waals surface area contributed by atoms with E-state index >= 15 is 0 Å². The summed E-state index contributed by atoms with van der Waals surface area (Å²) in [6, 6.07) is 12.7. The Balaban J connectivity index is 1.87. The van der Waals surface area contributed by atoms with Gasteiger partial charge in [-0.2, -0.15) is 0 Å². The smallest absolute Gasteiger partial charge is 0.262 e. The van der Waals surface area contributed by atoms with Crippen molar-refractivity contribution in [1.29, 1.82) is 0 Å². The van der Waals surface area contributed by atoms with Crippen molar-refractivity contribution in [3.63, 3.8) is 0 Å². The van der Waals surface area contributed by atoms with E-state index in [9.17, 15) is 9.59 Å². The van der Waals surface area contributed by atoms with Crippen molar-refractivity contribution in [3.05, 3.63) is 68.7 Å². The van der Waals surface area contributed by atoms with Gasteiger partial charge in [-0.15, -0.1) is 0 Å². The van der Waals surface area contributed by atoms with Gasteiger partial charge in [0.1, 0.15) is 0 Å². The Morgan fingerprint density at radius 2 is 1.96 bits per heavy atom. The van der Waals surface area contributed by atoms with E-state index in [1.54, 1.807) is 25.3 Å². The van der Waals surface area contributed by atoms with Crippen LogP contribution in [-0.4, -0.2) is 29.2 Å². The molecule has 0 fully saturated rings. The van der Waals surface area contributed by atoms with Crippen LogP contribution in [0.25, 0.3) is 10.9 Å². The summed E-state index contributed by atoms with van der Waals surface area (Å²) >= 11 is 5.32. The first-order valence-electron chi connectivity index (χ1n) is 9.19. The molecule has 146 valence electrons. The highest BCUT2D eigenvalue weighted by atomic mass is 32.1. The topological polar surface area (TPSA) is 76.1 Å². The molecule has 3 rings (SSSR count). The number of carbonyl (C=O) groups excluding carboxylic acids is 1. The second kappa shape index (κ2) is 8.95. The quantitative estimate of drug-likeness (QED) is 0.468. The number of hydrogen-bond acceptors (Lipinski definition) is 4. The molecule has 0 spiro atoms. The number of H-pyrrole nitrogens is 1. The number of ether oxygens (including phenoxy) is 1. The minimum Gasteiger partial charge on any atom is -0.385 e. The maximum absolute atomic E-state index is 12.7. The SMILES string of the molecule is CCc1ccc(NC(=O)c2ccc3c(=O)n(CCCOC)c(=S)[nH]c3c2)cc1. The van der Waals surface area contributed by atoms with Gasteiger partial charge in [-0.05, 0) is 61.0 Å². The van der Waals surface area contributed by atoms with E-state index in [2.05, 4.69) is 17.2 Å². The standard InChI is InChI=1S/C21H23N3O3S/c1-3-14-5-8-16(9-6-14)22-19(25)15-7-10-17-18(13-15)23-21(28)24(20(17)26)11-4-12-27-2/h5-10,13H,3-4,11-12H2,1-2H3,(H,22,25)(H,23,28). The van der Waals surface area contributed by atoms with Crippen LogP contribution in [0, 0.1) is 4.77 Å². The van der Waals surface area contributed by atoms with Gasteiger partial charge in [-0.25, -0.2) is 0 Å². The Bertz CT molecular complexity index is 1100. The van der Waals surface area contributed by atoms with Crippen LogP contribution in [0.4, 0.5) is 5.69 Å². The molecular weight excluding hydrogens is 374 g/mol. The van der Waals surface area contributed by atoms with Crippen LogP contribution in [0.5, 0.6) is 0 Å². The fraction of sp³-hybridized carbons (Fsp3) is 0.286. The number of methoxy groups -OCH3 is 1. The van der Waals surface area contributed by atoms with Gasteiger partial charge in [0, 0.05) is 31.5 Å². The van der Waals surface area contributed by atoms with E-state index in [0.717, 1.165) is 12.1 Å². The predicted molar refractivity (Wildman–Crippen MR) is 114 cm³/mol. The van der Waals surface area contributed by atoms with Gasteiger partial charge < -0.3 is 15.0 Å². The summed E-state index contributed by atoms with van der Waals surface area (Å²) < 4.78 is 6.88. The van der Waals surface area contributed by atoms with E-state index < -0.39 is 0 Å². The van der Waals surface area contributed by atoms with Crippen molar-refractivity contribution in [3.8, 4) is 0 Å². The Morgan fingerprint density at radius 3 is 2.64 bits per heavy atom. The molecule has 0 aliphatic carbocycles. The molecule has 1 amide bonds. The average Bonchev–Trinajstić information content (AvgIpc) is 2.70. The zero-order valence-corrected chi connectivity index (χ0v) is 16.8. The van der Waals surface area contributed by atoms with Crippen LogP contribution in [-0.2, 0) is 17.7 Å². The first kappa shape index (κ1) is 20.0. The van der Waals surface area contributed by atoms with Gasteiger partial charge in [-0.1, -0.05) is 19.1 Å². The summed E-state index contributed by atoms with van der Waals surface area (Å²) in [4.78, 5) is 28.3. The van der Waals surface area contributed by atoms with Crippen LogP contribution in [0.2, 0.25) is 0 Å². The number of aromatic nitrogens is 2. The molecule has 0 radical (unpaired) electrons. The van der Waals surface area contributed by atoms with Gasteiger partial charge in [-0.3, -0.25) is 14.2 Å². The highest BCUT2D eigenvalue weighted by molar-refractivity contribution is 7.71. The maximum atomic E-state index is 12.7. The molecule has 0 saturated heterocycles. The van der Waals surface area contributed by atoms with Crippen LogP contribution in [0.15, 0.2) is 47.3 Å². The molecule has 1 heterocycles. The van der Waals surface area contributed by atoms with E-state index in [-0.39, 0.29) is 11.5 Å². The molecule has 6 nitrogen and oxygen atoms in total.